The predicted molar refractivity (Wildman–Crippen MR) is 87.8 cm³/mol. The summed E-state index contributed by atoms with van der Waals surface area (Å²) >= 11 is 5.25. The van der Waals surface area contributed by atoms with Crippen molar-refractivity contribution in [3.63, 3.8) is 0 Å². The Hall–Kier alpha value is -0.840. The molecule has 0 aliphatic heterocycles. The van der Waals surface area contributed by atoms with Gasteiger partial charge in [0, 0.05) is 33.9 Å². The van der Waals surface area contributed by atoms with E-state index in [2.05, 4.69) is 56.6 Å². The SMILES string of the molecule is Brc1ccc(CSc2cccc(CNC3CC3)c2)nc1. The van der Waals surface area contributed by atoms with E-state index in [0.717, 1.165) is 28.5 Å². The summed E-state index contributed by atoms with van der Waals surface area (Å²) < 4.78 is 1.03. The average molecular weight is 349 g/mol. The Morgan fingerprint density at radius 2 is 2.15 bits per heavy atom. The number of benzene rings is 1. The van der Waals surface area contributed by atoms with Crippen LogP contribution in [0.2, 0.25) is 0 Å². The van der Waals surface area contributed by atoms with Gasteiger partial charge < -0.3 is 5.32 Å². The predicted octanol–water partition coefficient (Wildman–Crippen LogP) is 4.39. The van der Waals surface area contributed by atoms with Gasteiger partial charge in [-0.05, 0) is 58.6 Å². The molecule has 1 fully saturated rings. The quantitative estimate of drug-likeness (QED) is 0.783. The number of nitrogens with one attached hydrogen (secondary N) is 1. The van der Waals surface area contributed by atoms with Crippen molar-refractivity contribution in [1.29, 1.82) is 0 Å². The van der Waals surface area contributed by atoms with Gasteiger partial charge in [0.15, 0.2) is 0 Å². The Balaban J connectivity index is 1.56. The van der Waals surface area contributed by atoms with Gasteiger partial charge in [-0.3, -0.25) is 4.98 Å². The Morgan fingerprint density at radius 1 is 1.25 bits per heavy atom. The zero-order chi connectivity index (χ0) is 13.8. The van der Waals surface area contributed by atoms with Crippen LogP contribution in [0.5, 0.6) is 0 Å². The minimum atomic E-state index is 0.762. The van der Waals surface area contributed by atoms with Crippen LogP contribution < -0.4 is 5.32 Å². The highest BCUT2D eigenvalue weighted by Gasteiger charge is 2.19. The first-order chi connectivity index (χ1) is 9.79. The van der Waals surface area contributed by atoms with Gasteiger partial charge in [-0.2, -0.15) is 0 Å². The lowest BCUT2D eigenvalue weighted by Crippen LogP contribution is -2.15. The van der Waals surface area contributed by atoms with Gasteiger partial charge in [0.25, 0.3) is 0 Å². The van der Waals surface area contributed by atoms with E-state index in [4.69, 9.17) is 0 Å². The monoisotopic (exact) mass is 348 g/mol. The smallest absolute Gasteiger partial charge is 0.0507 e. The second-order valence-corrected chi connectivity index (χ2v) is 7.02. The van der Waals surface area contributed by atoms with E-state index in [0.29, 0.717) is 0 Å². The van der Waals surface area contributed by atoms with Crippen LogP contribution in [0.3, 0.4) is 0 Å². The molecule has 3 rings (SSSR count). The molecule has 104 valence electrons. The highest BCUT2D eigenvalue weighted by molar-refractivity contribution is 9.10. The van der Waals surface area contributed by atoms with E-state index < -0.39 is 0 Å². The van der Waals surface area contributed by atoms with Gasteiger partial charge in [0.2, 0.25) is 0 Å². The van der Waals surface area contributed by atoms with Crippen molar-refractivity contribution in [3.8, 4) is 0 Å². The normalized spacial score (nSPS) is 14.4. The number of thioether (sulfide) groups is 1. The fourth-order valence-corrected chi connectivity index (χ4v) is 3.07. The van der Waals surface area contributed by atoms with Crippen molar-refractivity contribution in [1.82, 2.24) is 10.3 Å². The molecular formula is C16H17BrN2S. The molecule has 1 aromatic heterocycles. The van der Waals surface area contributed by atoms with E-state index >= 15 is 0 Å². The van der Waals surface area contributed by atoms with Crippen LogP contribution in [-0.2, 0) is 12.3 Å². The van der Waals surface area contributed by atoms with Crippen LogP contribution in [0.25, 0.3) is 0 Å². The fourth-order valence-electron chi connectivity index (χ4n) is 1.94. The minimum absolute atomic E-state index is 0.762. The molecule has 1 aliphatic carbocycles. The molecule has 0 saturated heterocycles. The molecule has 2 nitrogen and oxygen atoms in total. The largest absolute Gasteiger partial charge is 0.310 e. The summed E-state index contributed by atoms with van der Waals surface area (Å²) in [7, 11) is 0. The summed E-state index contributed by atoms with van der Waals surface area (Å²) in [6.45, 7) is 0.982. The van der Waals surface area contributed by atoms with Crippen molar-refractivity contribution in [2.24, 2.45) is 0 Å². The minimum Gasteiger partial charge on any atom is -0.310 e. The lowest BCUT2D eigenvalue weighted by molar-refractivity contribution is 0.687. The first kappa shape index (κ1) is 14.1. The summed E-state index contributed by atoms with van der Waals surface area (Å²) in [5.41, 5.74) is 2.48. The first-order valence-electron chi connectivity index (χ1n) is 6.85. The Morgan fingerprint density at radius 3 is 2.90 bits per heavy atom. The van der Waals surface area contributed by atoms with Gasteiger partial charge in [-0.15, -0.1) is 11.8 Å². The summed E-state index contributed by atoms with van der Waals surface area (Å²) in [5.74, 6) is 0.910. The van der Waals surface area contributed by atoms with Gasteiger partial charge in [0.1, 0.15) is 0 Å². The molecule has 2 aromatic rings. The van der Waals surface area contributed by atoms with E-state index in [1.807, 2.05) is 24.0 Å². The fraction of sp³-hybridized carbons (Fsp3) is 0.312. The maximum Gasteiger partial charge on any atom is 0.0507 e. The molecule has 1 N–H and O–H groups in total. The highest BCUT2D eigenvalue weighted by atomic mass is 79.9. The third-order valence-corrected chi connectivity index (χ3v) is 4.74. The number of hydrogen-bond donors (Lipinski definition) is 1. The summed E-state index contributed by atoms with van der Waals surface area (Å²) in [6, 6.07) is 13.6. The van der Waals surface area contributed by atoms with Gasteiger partial charge >= 0.3 is 0 Å². The lowest BCUT2D eigenvalue weighted by atomic mass is 10.2. The van der Waals surface area contributed by atoms with Crippen LogP contribution in [0.1, 0.15) is 24.1 Å². The molecule has 1 aliphatic rings. The third-order valence-electron chi connectivity index (χ3n) is 3.25. The van der Waals surface area contributed by atoms with Gasteiger partial charge in [-0.1, -0.05) is 12.1 Å². The van der Waals surface area contributed by atoms with E-state index in [1.165, 1.54) is 23.3 Å². The zero-order valence-corrected chi connectivity index (χ0v) is 13.6. The molecule has 0 bridgehead atoms. The summed E-state index contributed by atoms with van der Waals surface area (Å²) in [4.78, 5) is 5.71. The number of pyridine rings is 1. The van der Waals surface area contributed by atoms with Crippen LogP contribution in [-0.4, -0.2) is 11.0 Å². The molecule has 1 saturated carbocycles. The van der Waals surface area contributed by atoms with Crippen molar-refractivity contribution < 1.29 is 0 Å². The second kappa shape index (κ2) is 6.74. The van der Waals surface area contributed by atoms with Gasteiger partial charge in [-0.25, -0.2) is 0 Å². The number of hydrogen-bond acceptors (Lipinski definition) is 3. The molecule has 1 heterocycles. The molecule has 20 heavy (non-hydrogen) atoms. The lowest BCUT2D eigenvalue weighted by Gasteiger charge is -2.06. The van der Waals surface area contributed by atoms with Crippen molar-refractivity contribution in [2.45, 2.75) is 36.1 Å². The van der Waals surface area contributed by atoms with Gasteiger partial charge in [0.05, 0.1) is 5.69 Å². The van der Waals surface area contributed by atoms with E-state index in [-0.39, 0.29) is 0 Å². The number of rotatable bonds is 6. The molecular weight excluding hydrogens is 332 g/mol. The maximum absolute atomic E-state index is 4.40. The Labute approximate surface area is 132 Å². The van der Waals surface area contributed by atoms with Crippen LogP contribution in [0, 0.1) is 0 Å². The van der Waals surface area contributed by atoms with Crippen LogP contribution in [0.4, 0.5) is 0 Å². The third kappa shape index (κ3) is 4.33. The zero-order valence-electron chi connectivity index (χ0n) is 11.2. The second-order valence-electron chi connectivity index (χ2n) is 5.06. The molecule has 1 aromatic carbocycles. The number of nitrogens with zero attached hydrogens (tertiary/aromatic N) is 1. The van der Waals surface area contributed by atoms with Crippen molar-refractivity contribution in [3.05, 3.63) is 58.3 Å². The molecule has 0 spiro atoms. The molecule has 0 amide bonds. The topological polar surface area (TPSA) is 24.9 Å². The Kier molecular flexibility index (Phi) is 4.76. The van der Waals surface area contributed by atoms with Crippen LogP contribution >= 0.6 is 27.7 Å². The number of aromatic nitrogens is 1. The molecule has 0 unspecified atom stereocenters. The Bertz CT molecular complexity index is 567. The number of halogens is 1. The van der Waals surface area contributed by atoms with E-state index in [1.54, 1.807) is 0 Å². The first-order valence-corrected chi connectivity index (χ1v) is 8.63. The molecule has 0 atom stereocenters. The summed E-state index contributed by atoms with van der Waals surface area (Å²) in [5, 5.41) is 3.55. The van der Waals surface area contributed by atoms with E-state index in [9.17, 15) is 0 Å². The standard InChI is InChI=1S/C16H17BrN2S/c17-13-4-5-15(19-10-13)11-20-16-3-1-2-12(8-16)9-18-14-6-7-14/h1-5,8,10,14,18H,6-7,9,11H2. The highest BCUT2D eigenvalue weighted by Crippen LogP contribution is 2.24. The maximum atomic E-state index is 4.40. The average Bonchev–Trinajstić information content (AvgIpc) is 3.29. The van der Waals surface area contributed by atoms with Crippen LogP contribution in [0.15, 0.2) is 52.0 Å². The van der Waals surface area contributed by atoms with Crippen molar-refractivity contribution >= 4 is 27.7 Å². The van der Waals surface area contributed by atoms with Crippen molar-refractivity contribution in [2.75, 3.05) is 0 Å². The molecule has 4 heteroatoms. The molecule has 0 radical (unpaired) electrons. The summed E-state index contributed by atoms with van der Waals surface area (Å²) in [6.07, 6.45) is 4.53.